The third-order valence-electron chi connectivity index (χ3n) is 4.55. The average molecular weight is 328 g/mol. The summed E-state index contributed by atoms with van der Waals surface area (Å²) in [4.78, 5) is 24.4. The Bertz CT molecular complexity index is 756. The van der Waals surface area contributed by atoms with E-state index in [4.69, 9.17) is 0 Å². The zero-order chi connectivity index (χ0) is 17.1. The van der Waals surface area contributed by atoms with Crippen LogP contribution in [0.15, 0.2) is 36.7 Å². The van der Waals surface area contributed by atoms with E-state index in [-0.39, 0.29) is 11.6 Å². The number of amides is 1. The summed E-state index contributed by atoms with van der Waals surface area (Å²) >= 11 is 0. The molecule has 1 aromatic heterocycles. The maximum absolute atomic E-state index is 12.4. The average Bonchev–Trinajstić information content (AvgIpc) is 3.22. The van der Waals surface area contributed by atoms with Gasteiger partial charge < -0.3 is 4.90 Å². The molecule has 7 nitrogen and oxygen atoms in total. The van der Waals surface area contributed by atoms with Crippen LogP contribution in [0, 0.1) is 17.0 Å². The number of carbonyl (C=O) groups is 1. The largest absolute Gasteiger partial charge is 0.342 e. The molecular formula is C17H20N4O3. The SMILES string of the molecule is Cc1ccccc1[C@H]1CCN(C(=O)CCn2cc([N+](=O)[O-])cn2)C1. The van der Waals surface area contributed by atoms with Gasteiger partial charge in [0.15, 0.2) is 0 Å². The molecule has 1 fully saturated rings. The lowest BCUT2D eigenvalue weighted by Crippen LogP contribution is -2.29. The van der Waals surface area contributed by atoms with Gasteiger partial charge in [-0.05, 0) is 24.5 Å². The quantitative estimate of drug-likeness (QED) is 0.624. The molecule has 1 saturated heterocycles. The Morgan fingerprint density at radius 2 is 2.21 bits per heavy atom. The highest BCUT2D eigenvalue weighted by Gasteiger charge is 2.27. The number of hydrogen-bond acceptors (Lipinski definition) is 4. The molecule has 1 amide bonds. The van der Waals surface area contributed by atoms with Crippen molar-refractivity contribution in [1.82, 2.24) is 14.7 Å². The number of rotatable bonds is 5. The Morgan fingerprint density at radius 3 is 2.92 bits per heavy atom. The van der Waals surface area contributed by atoms with Crippen molar-refractivity contribution in [2.45, 2.75) is 32.2 Å². The number of hydrogen-bond donors (Lipinski definition) is 0. The van der Waals surface area contributed by atoms with Crippen LogP contribution in [0.25, 0.3) is 0 Å². The summed E-state index contributed by atoms with van der Waals surface area (Å²) in [6.07, 6.45) is 3.84. The molecule has 0 N–H and O–H groups in total. The van der Waals surface area contributed by atoms with Crippen LogP contribution in [0.2, 0.25) is 0 Å². The van der Waals surface area contributed by atoms with E-state index in [2.05, 4.69) is 24.2 Å². The van der Waals surface area contributed by atoms with Crippen LogP contribution in [0.3, 0.4) is 0 Å². The highest BCUT2D eigenvalue weighted by Crippen LogP contribution is 2.29. The first kappa shape index (κ1) is 16.2. The van der Waals surface area contributed by atoms with Crippen molar-refractivity contribution in [1.29, 1.82) is 0 Å². The van der Waals surface area contributed by atoms with Gasteiger partial charge in [0.25, 0.3) is 0 Å². The molecule has 3 rings (SSSR count). The molecular weight excluding hydrogens is 308 g/mol. The van der Waals surface area contributed by atoms with Crippen LogP contribution in [0.5, 0.6) is 0 Å². The molecule has 7 heteroatoms. The summed E-state index contributed by atoms with van der Waals surface area (Å²) in [5.74, 6) is 0.463. The van der Waals surface area contributed by atoms with Crippen LogP contribution in [0.1, 0.15) is 29.9 Å². The highest BCUT2D eigenvalue weighted by atomic mass is 16.6. The Balaban J connectivity index is 1.55. The fourth-order valence-electron chi connectivity index (χ4n) is 3.22. The fourth-order valence-corrected chi connectivity index (χ4v) is 3.22. The number of benzene rings is 1. The van der Waals surface area contributed by atoms with Crippen molar-refractivity contribution >= 4 is 11.6 Å². The van der Waals surface area contributed by atoms with Gasteiger partial charge in [0.1, 0.15) is 12.4 Å². The van der Waals surface area contributed by atoms with Gasteiger partial charge in [0, 0.05) is 32.0 Å². The van der Waals surface area contributed by atoms with E-state index < -0.39 is 4.92 Å². The molecule has 1 atom stereocenters. The summed E-state index contributed by atoms with van der Waals surface area (Å²) in [5, 5.41) is 14.6. The van der Waals surface area contributed by atoms with Crippen molar-refractivity contribution in [2.75, 3.05) is 13.1 Å². The van der Waals surface area contributed by atoms with E-state index in [1.807, 2.05) is 17.0 Å². The molecule has 0 aliphatic carbocycles. The van der Waals surface area contributed by atoms with Gasteiger partial charge in [-0.15, -0.1) is 0 Å². The number of aromatic nitrogens is 2. The van der Waals surface area contributed by atoms with Gasteiger partial charge in [0.05, 0.1) is 4.92 Å². The molecule has 1 aromatic carbocycles. The summed E-state index contributed by atoms with van der Waals surface area (Å²) in [5.41, 5.74) is 2.53. The minimum Gasteiger partial charge on any atom is -0.342 e. The summed E-state index contributed by atoms with van der Waals surface area (Å²) in [6.45, 7) is 3.96. The molecule has 0 saturated carbocycles. The molecule has 1 aliphatic rings. The summed E-state index contributed by atoms with van der Waals surface area (Å²) in [7, 11) is 0. The van der Waals surface area contributed by atoms with E-state index in [0.717, 1.165) is 19.5 Å². The van der Waals surface area contributed by atoms with Crippen LogP contribution >= 0.6 is 0 Å². The van der Waals surface area contributed by atoms with E-state index >= 15 is 0 Å². The molecule has 0 radical (unpaired) electrons. The monoisotopic (exact) mass is 328 g/mol. The lowest BCUT2D eigenvalue weighted by Gasteiger charge is -2.17. The van der Waals surface area contributed by atoms with E-state index in [0.29, 0.717) is 18.9 Å². The number of carbonyl (C=O) groups excluding carboxylic acids is 1. The van der Waals surface area contributed by atoms with Crippen LogP contribution < -0.4 is 0 Å². The first-order chi connectivity index (χ1) is 11.5. The number of likely N-dealkylation sites (tertiary alicyclic amines) is 1. The minimum atomic E-state index is -0.488. The van der Waals surface area contributed by atoms with Gasteiger partial charge >= 0.3 is 5.69 Å². The van der Waals surface area contributed by atoms with Gasteiger partial charge in [-0.2, -0.15) is 5.10 Å². The predicted molar refractivity (Wildman–Crippen MR) is 88.6 cm³/mol. The first-order valence-corrected chi connectivity index (χ1v) is 8.04. The standard InChI is InChI=1S/C17H20N4O3/c1-13-4-2-3-5-16(13)14-6-8-19(11-14)17(22)7-9-20-12-15(10-18-20)21(23)24/h2-5,10,12,14H,6-9,11H2,1H3/t14-/m0/s1. The summed E-state index contributed by atoms with van der Waals surface area (Å²) < 4.78 is 1.45. The smallest absolute Gasteiger partial charge is 0.306 e. The van der Waals surface area contributed by atoms with Gasteiger partial charge in [-0.3, -0.25) is 19.6 Å². The van der Waals surface area contributed by atoms with Crippen LogP contribution in [-0.2, 0) is 11.3 Å². The molecule has 0 spiro atoms. The minimum absolute atomic E-state index is 0.0526. The lowest BCUT2D eigenvalue weighted by atomic mass is 9.94. The molecule has 24 heavy (non-hydrogen) atoms. The zero-order valence-corrected chi connectivity index (χ0v) is 13.6. The number of nitro groups is 1. The van der Waals surface area contributed by atoms with Crippen molar-refractivity contribution in [2.24, 2.45) is 0 Å². The second-order valence-electron chi connectivity index (χ2n) is 6.15. The second-order valence-corrected chi connectivity index (χ2v) is 6.15. The maximum Gasteiger partial charge on any atom is 0.306 e. The Kier molecular flexibility index (Phi) is 4.59. The highest BCUT2D eigenvalue weighted by molar-refractivity contribution is 5.76. The van der Waals surface area contributed by atoms with Gasteiger partial charge in [-0.1, -0.05) is 24.3 Å². The third-order valence-corrected chi connectivity index (χ3v) is 4.55. The second kappa shape index (κ2) is 6.82. The topological polar surface area (TPSA) is 81.3 Å². The Labute approximate surface area is 140 Å². The zero-order valence-electron chi connectivity index (χ0n) is 13.6. The summed E-state index contributed by atoms with van der Waals surface area (Å²) in [6, 6.07) is 8.30. The molecule has 0 unspecified atom stereocenters. The van der Waals surface area contributed by atoms with Crippen LogP contribution in [0.4, 0.5) is 5.69 Å². The predicted octanol–water partition coefficient (Wildman–Crippen LogP) is 2.51. The van der Waals surface area contributed by atoms with Crippen LogP contribution in [-0.4, -0.2) is 38.6 Å². The first-order valence-electron chi connectivity index (χ1n) is 8.04. The Hall–Kier alpha value is -2.70. The molecule has 126 valence electrons. The maximum atomic E-state index is 12.4. The van der Waals surface area contributed by atoms with E-state index in [9.17, 15) is 14.9 Å². The number of nitrogens with zero attached hydrogens (tertiary/aromatic N) is 4. The fraction of sp³-hybridized carbons (Fsp3) is 0.412. The van der Waals surface area contributed by atoms with E-state index in [1.54, 1.807) is 0 Å². The van der Waals surface area contributed by atoms with Crippen molar-refractivity contribution in [3.05, 3.63) is 57.9 Å². The molecule has 1 aliphatic heterocycles. The van der Waals surface area contributed by atoms with Gasteiger partial charge in [-0.25, -0.2) is 0 Å². The molecule has 2 heterocycles. The lowest BCUT2D eigenvalue weighted by molar-refractivity contribution is -0.385. The molecule has 0 bridgehead atoms. The molecule has 2 aromatic rings. The van der Waals surface area contributed by atoms with Crippen molar-refractivity contribution in [3.8, 4) is 0 Å². The van der Waals surface area contributed by atoms with E-state index in [1.165, 1.54) is 28.2 Å². The Morgan fingerprint density at radius 1 is 1.42 bits per heavy atom. The van der Waals surface area contributed by atoms with Crippen molar-refractivity contribution < 1.29 is 9.72 Å². The third kappa shape index (κ3) is 3.45. The number of aryl methyl sites for hydroxylation is 2. The van der Waals surface area contributed by atoms with Crippen molar-refractivity contribution in [3.63, 3.8) is 0 Å². The normalized spacial score (nSPS) is 17.2. The van der Waals surface area contributed by atoms with Gasteiger partial charge in [0.2, 0.25) is 5.91 Å².